The fourth-order valence-electron chi connectivity index (χ4n) is 3.72. The third-order valence-corrected chi connectivity index (χ3v) is 5.35. The summed E-state index contributed by atoms with van der Waals surface area (Å²) in [5, 5.41) is 0. The minimum absolute atomic E-state index is 0.120. The van der Waals surface area contributed by atoms with Crippen molar-refractivity contribution in [3.63, 3.8) is 0 Å². The standard InChI is InChI=1S/C21H29FN4O/c1-4-25-12-10-23-20(25)15-24-11-9-21(27)26(19(14-24)16(2)3)13-17-5-7-18(22)8-6-17/h5-8,10,12,16,19H,4,9,11,13-15H2,1-3H3. The lowest BCUT2D eigenvalue weighted by molar-refractivity contribution is -0.134. The van der Waals surface area contributed by atoms with E-state index < -0.39 is 0 Å². The number of hydrogen-bond donors (Lipinski definition) is 0. The molecule has 5 nitrogen and oxygen atoms in total. The molecule has 0 bridgehead atoms. The minimum Gasteiger partial charge on any atom is -0.334 e. The van der Waals surface area contributed by atoms with Gasteiger partial charge < -0.3 is 9.47 Å². The second kappa shape index (κ2) is 8.65. The second-order valence-corrected chi connectivity index (χ2v) is 7.57. The molecule has 0 aliphatic carbocycles. The summed E-state index contributed by atoms with van der Waals surface area (Å²) in [7, 11) is 0. The van der Waals surface area contributed by atoms with Crippen LogP contribution in [0.1, 0.15) is 38.6 Å². The molecule has 6 heteroatoms. The van der Waals surface area contributed by atoms with E-state index >= 15 is 0 Å². The van der Waals surface area contributed by atoms with Crippen molar-refractivity contribution < 1.29 is 9.18 Å². The van der Waals surface area contributed by atoms with Crippen molar-refractivity contribution >= 4 is 5.91 Å². The molecule has 1 atom stereocenters. The molecular weight excluding hydrogens is 343 g/mol. The zero-order valence-electron chi connectivity index (χ0n) is 16.4. The summed E-state index contributed by atoms with van der Waals surface area (Å²) >= 11 is 0. The molecule has 0 radical (unpaired) electrons. The van der Waals surface area contributed by atoms with E-state index in [2.05, 4.69) is 35.2 Å². The summed E-state index contributed by atoms with van der Waals surface area (Å²) in [6.45, 7) is 10.2. The topological polar surface area (TPSA) is 41.4 Å². The zero-order chi connectivity index (χ0) is 19.4. The van der Waals surface area contributed by atoms with Crippen molar-refractivity contribution in [2.24, 2.45) is 5.92 Å². The second-order valence-electron chi connectivity index (χ2n) is 7.57. The Morgan fingerprint density at radius 3 is 2.63 bits per heavy atom. The molecule has 1 aliphatic rings. The lowest BCUT2D eigenvalue weighted by Gasteiger charge is -2.34. The first-order valence-electron chi connectivity index (χ1n) is 9.74. The SMILES string of the molecule is CCn1ccnc1CN1CCC(=O)N(Cc2ccc(F)cc2)C(C(C)C)C1. The van der Waals surface area contributed by atoms with Crippen LogP contribution in [0.15, 0.2) is 36.7 Å². The van der Waals surface area contributed by atoms with Gasteiger partial charge >= 0.3 is 0 Å². The normalized spacial score (nSPS) is 18.9. The maximum Gasteiger partial charge on any atom is 0.224 e. The molecule has 1 unspecified atom stereocenters. The van der Waals surface area contributed by atoms with Crippen LogP contribution in [-0.4, -0.2) is 44.4 Å². The van der Waals surface area contributed by atoms with Crippen LogP contribution in [0.5, 0.6) is 0 Å². The van der Waals surface area contributed by atoms with Crippen molar-refractivity contribution in [3.05, 3.63) is 53.9 Å². The molecule has 1 saturated heterocycles. The van der Waals surface area contributed by atoms with Crippen molar-refractivity contribution in [3.8, 4) is 0 Å². The lowest BCUT2D eigenvalue weighted by atomic mass is 10.0. The van der Waals surface area contributed by atoms with Gasteiger partial charge in [-0.1, -0.05) is 26.0 Å². The van der Waals surface area contributed by atoms with E-state index in [9.17, 15) is 9.18 Å². The molecule has 0 spiro atoms. The highest BCUT2D eigenvalue weighted by molar-refractivity contribution is 5.77. The molecule has 1 fully saturated rings. The van der Waals surface area contributed by atoms with Crippen LogP contribution in [0, 0.1) is 11.7 Å². The van der Waals surface area contributed by atoms with Gasteiger partial charge in [0.05, 0.1) is 6.54 Å². The summed E-state index contributed by atoms with van der Waals surface area (Å²) in [5.41, 5.74) is 0.963. The van der Waals surface area contributed by atoms with Crippen molar-refractivity contribution in [2.75, 3.05) is 13.1 Å². The van der Waals surface area contributed by atoms with Gasteiger partial charge in [0, 0.05) is 51.0 Å². The molecule has 1 aliphatic heterocycles. The zero-order valence-corrected chi connectivity index (χ0v) is 16.4. The van der Waals surface area contributed by atoms with Gasteiger partial charge in [-0.2, -0.15) is 0 Å². The molecule has 1 aromatic heterocycles. The molecule has 1 amide bonds. The Balaban J connectivity index is 1.77. The number of amides is 1. The predicted molar refractivity (Wildman–Crippen MR) is 103 cm³/mol. The number of rotatable bonds is 6. The van der Waals surface area contributed by atoms with Crippen LogP contribution in [0.25, 0.3) is 0 Å². The molecular formula is C21H29FN4O. The van der Waals surface area contributed by atoms with E-state index in [0.717, 1.165) is 37.6 Å². The largest absolute Gasteiger partial charge is 0.334 e. The van der Waals surface area contributed by atoms with E-state index in [1.54, 1.807) is 12.1 Å². The van der Waals surface area contributed by atoms with E-state index in [0.29, 0.717) is 18.9 Å². The Hall–Kier alpha value is -2.21. The van der Waals surface area contributed by atoms with Crippen LogP contribution < -0.4 is 0 Å². The number of hydrogen-bond acceptors (Lipinski definition) is 3. The number of halogens is 1. The first-order valence-corrected chi connectivity index (χ1v) is 9.74. The summed E-state index contributed by atoms with van der Waals surface area (Å²) < 4.78 is 15.4. The molecule has 0 N–H and O–H groups in total. The highest BCUT2D eigenvalue weighted by Gasteiger charge is 2.32. The van der Waals surface area contributed by atoms with E-state index in [4.69, 9.17) is 0 Å². The molecule has 2 heterocycles. The van der Waals surface area contributed by atoms with Gasteiger partial charge in [-0.3, -0.25) is 9.69 Å². The van der Waals surface area contributed by atoms with Crippen molar-refractivity contribution in [2.45, 2.75) is 52.9 Å². The number of benzene rings is 1. The Morgan fingerprint density at radius 2 is 1.96 bits per heavy atom. The summed E-state index contributed by atoms with van der Waals surface area (Å²) in [5.74, 6) is 1.29. The maximum absolute atomic E-state index is 13.2. The lowest BCUT2D eigenvalue weighted by Crippen LogP contribution is -2.46. The Bertz CT molecular complexity index is 756. The summed E-state index contributed by atoms with van der Waals surface area (Å²) in [4.78, 5) is 21.7. The molecule has 1 aromatic carbocycles. The fraction of sp³-hybridized carbons (Fsp3) is 0.524. The van der Waals surface area contributed by atoms with Crippen LogP contribution in [0.3, 0.4) is 0 Å². The number of carbonyl (C=O) groups is 1. The van der Waals surface area contributed by atoms with Gasteiger partial charge in [-0.15, -0.1) is 0 Å². The Morgan fingerprint density at radius 1 is 1.22 bits per heavy atom. The van der Waals surface area contributed by atoms with Gasteiger partial charge in [-0.05, 0) is 30.5 Å². The van der Waals surface area contributed by atoms with E-state index in [1.807, 2.05) is 17.3 Å². The number of carbonyl (C=O) groups excluding carboxylic acids is 1. The summed E-state index contributed by atoms with van der Waals surface area (Å²) in [6.07, 6.45) is 4.33. The quantitative estimate of drug-likeness (QED) is 0.781. The third kappa shape index (κ3) is 4.75. The molecule has 146 valence electrons. The monoisotopic (exact) mass is 372 g/mol. The van der Waals surface area contributed by atoms with Gasteiger partial charge in [0.2, 0.25) is 5.91 Å². The molecule has 2 aromatic rings. The molecule has 0 saturated carbocycles. The van der Waals surface area contributed by atoms with Gasteiger partial charge in [0.1, 0.15) is 11.6 Å². The van der Waals surface area contributed by atoms with Crippen LogP contribution >= 0.6 is 0 Å². The summed E-state index contributed by atoms with van der Waals surface area (Å²) in [6, 6.07) is 6.56. The maximum atomic E-state index is 13.2. The average molecular weight is 372 g/mol. The fourth-order valence-corrected chi connectivity index (χ4v) is 3.72. The molecule has 3 rings (SSSR count). The number of nitrogens with zero attached hydrogens (tertiary/aromatic N) is 4. The smallest absolute Gasteiger partial charge is 0.224 e. The van der Waals surface area contributed by atoms with Crippen molar-refractivity contribution in [1.82, 2.24) is 19.4 Å². The molecule has 27 heavy (non-hydrogen) atoms. The Labute approximate surface area is 160 Å². The van der Waals surface area contributed by atoms with E-state index in [-0.39, 0.29) is 17.8 Å². The van der Waals surface area contributed by atoms with Gasteiger partial charge in [-0.25, -0.2) is 9.37 Å². The highest BCUT2D eigenvalue weighted by Crippen LogP contribution is 2.22. The number of imidazole rings is 1. The average Bonchev–Trinajstić information content (AvgIpc) is 3.04. The predicted octanol–water partition coefficient (Wildman–Crippen LogP) is 3.30. The first kappa shape index (κ1) is 19.5. The van der Waals surface area contributed by atoms with Gasteiger partial charge in [0.15, 0.2) is 0 Å². The van der Waals surface area contributed by atoms with Crippen molar-refractivity contribution in [1.29, 1.82) is 0 Å². The van der Waals surface area contributed by atoms with Crippen LogP contribution in [0.4, 0.5) is 4.39 Å². The number of aryl methyl sites for hydroxylation is 1. The first-order chi connectivity index (χ1) is 13.0. The highest BCUT2D eigenvalue weighted by atomic mass is 19.1. The van der Waals surface area contributed by atoms with Crippen LogP contribution in [0.2, 0.25) is 0 Å². The van der Waals surface area contributed by atoms with Crippen LogP contribution in [-0.2, 0) is 24.4 Å². The van der Waals surface area contributed by atoms with Gasteiger partial charge in [0.25, 0.3) is 0 Å². The Kier molecular flexibility index (Phi) is 6.26. The van der Waals surface area contributed by atoms with E-state index in [1.165, 1.54) is 12.1 Å². The minimum atomic E-state index is -0.251. The third-order valence-electron chi connectivity index (χ3n) is 5.35. The number of aromatic nitrogens is 2.